The topological polar surface area (TPSA) is 64.7 Å². The molecule has 0 N–H and O–H groups in total. The van der Waals surface area contributed by atoms with E-state index in [0.29, 0.717) is 5.56 Å². The Kier molecular flexibility index (Phi) is 4.66. The van der Waals surface area contributed by atoms with Crippen LogP contribution in [0.3, 0.4) is 0 Å². The number of aryl methyl sites for hydroxylation is 1. The summed E-state index contributed by atoms with van der Waals surface area (Å²) in [6.45, 7) is 3.79. The van der Waals surface area contributed by atoms with Gasteiger partial charge in [0.05, 0.1) is 11.1 Å². The Morgan fingerprint density at radius 2 is 2.00 bits per heavy atom. The third-order valence-corrected chi connectivity index (χ3v) is 3.15. The minimum Gasteiger partial charge on any atom is -0.388 e. The predicted molar refractivity (Wildman–Crippen MR) is 81.4 cm³/mol. The van der Waals surface area contributed by atoms with Crippen molar-refractivity contribution in [3.8, 4) is 0 Å². The summed E-state index contributed by atoms with van der Waals surface area (Å²) in [6.07, 6.45) is 1.29. The lowest BCUT2D eigenvalue weighted by Gasteiger charge is -2.09. The van der Waals surface area contributed by atoms with Crippen molar-refractivity contribution in [1.29, 1.82) is 0 Å². The second kappa shape index (κ2) is 6.65. The summed E-state index contributed by atoms with van der Waals surface area (Å²) in [6, 6.07) is 14.2. The van der Waals surface area contributed by atoms with Gasteiger partial charge in [0.2, 0.25) is 0 Å². The molecule has 0 heterocycles. The fraction of sp³-hybridized carbons (Fsp3) is 0.188. The van der Waals surface area contributed by atoms with Crippen LogP contribution in [0.2, 0.25) is 0 Å². The van der Waals surface area contributed by atoms with Gasteiger partial charge in [-0.1, -0.05) is 41.6 Å². The van der Waals surface area contributed by atoms with Gasteiger partial charge < -0.3 is 4.84 Å². The van der Waals surface area contributed by atoms with E-state index in [-0.39, 0.29) is 11.8 Å². The summed E-state index contributed by atoms with van der Waals surface area (Å²) in [5.41, 5.74) is 2.84. The summed E-state index contributed by atoms with van der Waals surface area (Å²) in [5.74, 6) is 0. The fourth-order valence-electron chi connectivity index (χ4n) is 1.86. The second-order valence-electron chi connectivity index (χ2n) is 4.69. The van der Waals surface area contributed by atoms with Gasteiger partial charge in [-0.25, -0.2) is 0 Å². The Labute approximate surface area is 123 Å². The van der Waals surface area contributed by atoms with Gasteiger partial charge in [-0.2, -0.15) is 0 Å². The number of rotatable bonds is 5. The third-order valence-electron chi connectivity index (χ3n) is 3.15. The molecule has 5 heteroatoms. The van der Waals surface area contributed by atoms with Gasteiger partial charge in [0.25, 0.3) is 5.69 Å². The largest absolute Gasteiger partial charge is 0.388 e. The molecule has 0 radical (unpaired) electrons. The van der Waals surface area contributed by atoms with Crippen LogP contribution in [-0.4, -0.2) is 11.1 Å². The lowest BCUT2D eigenvalue weighted by Crippen LogP contribution is -1.98. The molecule has 2 aromatic carbocycles. The van der Waals surface area contributed by atoms with Crippen LogP contribution in [-0.2, 0) is 4.84 Å². The fourth-order valence-corrected chi connectivity index (χ4v) is 1.86. The molecule has 108 valence electrons. The van der Waals surface area contributed by atoms with Gasteiger partial charge in [0.15, 0.2) is 0 Å². The van der Waals surface area contributed by atoms with Crippen LogP contribution in [0.25, 0.3) is 0 Å². The van der Waals surface area contributed by atoms with E-state index in [9.17, 15) is 10.1 Å². The van der Waals surface area contributed by atoms with Crippen molar-refractivity contribution in [3.63, 3.8) is 0 Å². The molecule has 0 aliphatic rings. The van der Waals surface area contributed by atoms with Gasteiger partial charge in [-0.15, -0.1) is 0 Å². The van der Waals surface area contributed by atoms with Gasteiger partial charge in [-0.05, 0) is 25.0 Å². The number of nitro groups is 1. The number of hydrogen-bond donors (Lipinski definition) is 0. The number of benzene rings is 2. The van der Waals surface area contributed by atoms with Crippen LogP contribution in [0.4, 0.5) is 5.69 Å². The first-order valence-electron chi connectivity index (χ1n) is 6.57. The molecule has 0 aromatic heterocycles. The second-order valence-corrected chi connectivity index (χ2v) is 4.69. The molecule has 0 saturated carbocycles. The number of nitro benzene ring substituents is 1. The molecule has 2 rings (SSSR count). The molecular formula is C16H16N2O3. The Hall–Kier alpha value is -2.69. The first kappa shape index (κ1) is 14.7. The first-order chi connectivity index (χ1) is 10.1. The highest BCUT2D eigenvalue weighted by Gasteiger charge is 2.11. The maximum Gasteiger partial charge on any atom is 0.269 e. The molecule has 0 aliphatic carbocycles. The Bertz CT molecular complexity index is 668. The highest BCUT2D eigenvalue weighted by atomic mass is 16.6. The van der Waals surface area contributed by atoms with Crippen LogP contribution in [0.1, 0.15) is 29.7 Å². The maximum atomic E-state index is 10.7. The van der Waals surface area contributed by atoms with E-state index >= 15 is 0 Å². The smallest absolute Gasteiger partial charge is 0.269 e. The molecule has 2 aromatic rings. The van der Waals surface area contributed by atoms with Crippen molar-refractivity contribution < 1.29 is 9.76 Å². The number of non-ortho nitro benzene ring substituents is 1. The van der Waals surface area contributed by atoms with E-state index in [1.165, 1.54) is 12.1 Å². The van der Waals surface area contributed by atoms with Crippen LogP contribution in [0, 0.1) is 17.0 Å². The lowest BCUT2D eigenvalue weighted by atomic mass is 10.1. The van der Waals surface area contributed by atoms with Crippen molar-refractivity contribution in [2.45, 2.75) is 20.0 Å². The normalized spacial score (nSPS) is 12.3. The van der Waals surface area contributed by atoms with Gasteiger partial charge in [-0.3, -0.25) is 10.1 Å². The minimum atomic E-state index is -0.424. The highest BCUT2D eigenvalue weighted by molar-refractivity contribution is 5.81. The molecule has 5 nitrogen and oxygen atoms in total. The van der Waals surface area contributed by atoms with Crippen molar-refractivity contribution in [2.75, 3.05) is 0 Å². The Morgan fingerprint density at radius 3 is 2.71 bits per heavy atom. The highest BCUT2D eigenvalue weighted by Crippen LogP contribution is 2.21. The van der Waals surface area contributed by atoms with Crippen LogP contribution in [0.5, 0.6) is 0 Å². The van der Waals surface area contributed by atoms with Crippen LogP contribution < -0.4 is 0 Å². The number of hydrogen-bond acceptors (Lipinski definition) is 4. The summed E-state index contributed by atoms with van der Waals surface area (Å²) in [4.78, 5) is 15.7. The van der Waals surface area contributed by atoms with Crippen molar-refractivity contribution >= 4 is 11.9 Å². The number of oxime groups is 1. The zero-order valence-corrected chi connectivity index (χ0v) is 11.9. The Morgan fingerprint density at radius 1 is 1.24 bits per heavy atom. The molecule has 0 bridgehead atoms. The minimum absolute atomic E-state index is 0.0471. The van der Waals surface area contributed by atoms with E-state index in [2.05, 4.69) is 5.16 Å². The zero-order chi connectivity index (χ0) is 15.2. The van der Waals surface area contributed by atoms with E-state index in [1.54, 1.807) is 25.3 Å². The van der Waals surface area contributed by atoms with Crippen LogP contribution >= 0.6 is 0 Å². The average Bonchev–Trinajstić information content (AvgIpc) is 2.49. The van der Waals surface area contributed by atoms with E-state index < -0.39 is 4.92 Å². The monoisotopic (exact) mass is 284 g/mol. The summed E-state index contributed by atoms with van der Waals surface area (Å²) in [7, 11) is 0. The lowest BCUT2D eigenvalue weighted by molar-refractivity contribution is -0.385. The third kappa shape index (κ3) is 3.89. The van der Waals surface area contributed by atoms with Crippen LogP contribution in [0.15, 0.2) is 53.7 Å². The summed E-state index contributed by atoms with van der Waals surface area (Å²) < 4.78 is 0. The SMILES string of the molecule is Cc1ccccc1/C=N\O[C@@H](C)c1cccc([N+](=O)[O-])c1. The summed E-state index contributed by atoms with van der Waals surface area (Å²) in [5, 5.41) is 14.7. The van der Waals surface area contributed by atoms with E-state index in [4.69, 9.17) is 4.84 Å². The van der Waals surface area contributed by atoms with E-state index in [1.807, 2.05) is 31.2 Å². The van der Waals surface area contributed by atoms with Gasteiger partial charge >= 0.3 is 0 Å². The molecule has 0 aliphatic heterocycles. The van der Waals surface area contributed by atoms with Crippen molar-refractivity contribution in [3.05, 3.63) is 75.3 Å². The predicted octanol–water partition coefficient (Wildman–Crippen LogP) is 4.01. The molecule has 21 heavy (non-hydrogen) atoms. The molecule has 0 fully saturated rings. The Balaban J connectivity index is 2.05. The number of nitrogens with zero attached hydrogens (tertiary/aromatic N) is 2. The maximum absolute atomic E-state index is 10.7. The molecule has 0 saturated heterocycles. The summed E-state index contributed by atoms with van der Waals surface area (Å²) >= 11 is 0. The van der Waals surface area contributed by atoms with E-state index in [0.717, 1.165) is 11.1 Å². The zero-order valence-electron chi connectivity index (χ0n) is 11.9. The molecule has 0 spiro atoms. The average molecular weight is 284 g/mol. The molecule has 0 unspecified atom stereocenters. The quantitative estimate of drug-likeness (QED) is 0.473. The molecular weight excluding hydrogens is 268 g/mol. The van der Waals surface area contributed by atoms with Crippen molar-refractivity contribution in [2.24, 2.45) is 5.16 Å². The first-order valence-corrected chi connectivity index (χ1v) is 6.57. The van der Waals surface area contributed by atoms with Gasteiger partial charge in [0.1, 0.15) is 6.10 Å². The standard InChI is InChI=1S/C16H16N2O3/c1-12-6-3-4-7-15(12)11-17-21-13(2)14-8-5-9-16(10-14)18(19)20/h3-11,13H,1-2H3/b17-11-/t13-/m0/s1. The van der Waals surface area contributed by atoms with Gasteiger partial charge in [0, 0.05) is 17.7 Å². The van der Waals surface area contributed by atoms with Crippen molar-refractivity contribution in [1.82, 2.24) is 0 Å². The molecule has 1 atom stereocenters. The molecule has 0 amide bonds.